The number of carbonyl (C=O) groups excluding carboxylic acids is 1. The number of ether oxygens (including phenoxy) is 2. The lowest BCUT2D eigenvalue weighted by atomic mass is 10.2. The molecule has 0 bridgehead atoms. The lowest BCUT2D eigenvalue weighted by Gasteiger charge is -2.18. The highest BCUT2D eigenvalue weighted by molar-refractivity contribution is 5.94. The van der Waals surface area contributed by atoms with Gasteiger partial charge in [0.1, 0.15) is 17.2 Å². The van der Waals surface area contributed by atoms with Crippen LogP contribution in [0.4, 0.5) is 0 Å². The summed E-state index contributed by atoms with van der Waals surface area (Å²) < 4.78 is 10.7. The first-order chi connectivity index (χ1) is 14.0. The van der Waals surface area contributed by atoms with Crippen LogP contribution in [0.1, 0.15) is 22.5 Å². The van der Waals surface area contributed by atoms with Crippen molar-refractivity contribution in [3.63, 3.8) is 0 Å². The van der Waals surface area contributed by atoms with E-state index in [4.69, 9.17) is 9.47 Å². The molecule has 3 heterocycles. The average Bonchev–Trinajstić information content (AvgIpc) is 3.31. The van der Waals surface area contributed by atoms with Crippen molar-refractivity contribution >= 4 is 17.1 Å². The van der Waals surface area contributed by atoms with Crippen molar-refractivity contribution in [1.82, 2.24) is 25.2 Å². The van der Waals surface area contributed by atoms with Crippen LogP contribution in [0.5, 0.6) is 11.5 Å². The predicted molar refractivity (Wildman–Crippen MR) is 107 cm³/mol. The fourth-order valence-corrected chi connectivity index (χ4v) is 3.61. The standard InChI is InChI=1S/C20H23N5O4/c1-28-14-7-12(8-15(9-14)29-2)10-25-6-5-13(11-25)21-19(26)17-4-3-16-18(22-17)24-20(27)23-16/h3-4,7-9,13H,5-6,10-11H2,1-2H3,(H,21,26)(H2,22,23,24,27)/t13-/m1/s1. The smallest absolute Gasteiger partial charge is 0.325 e. The zero-order chi connectivity index (χ0) is 20.4. The molecule has 1 atom stereocenters. The number of benzene rings is 1. The highest BCUT2D eigenvalue weighted by Crippen LogP contribution is 2.24. The van der Waals surface area contributed by atoms with Gasteiger partial charge < -0.3 is 19.8 Å². The van der Waals surface area contributed by atoms with Crippen LogP contribution in [0.3, 0.4) is 0 Å². The maximum atomic E-state index is 12.6. The highest BCUT2D eigenvalue weighted by atomic mass is 16.5. The average molecular weight is 397 g/mol. The Kier molecular flexibility index (Phi) is 5.22. The minimum Gasteiger partial charge on any atom is -0.497 e. The Morgan fingerprint density at radius 3 is 2.69 bits per heavy atom. The van der Waals surface area contributed by atoms with Gasteiger partial charge in [-0.15, -0.1) is 0 Å². The van der Waals surface area contributed by atoms with Gasteiger partial charge in [0.2, 0.25) is 0 Å². The number of hydrogen-bond donors (Lipinski definition) is 3. The summed E-state index contributed by atoms with van der Waals surface area (Å²) in [7, 11) is 3.27. The van der Waals surface area contributed by atoms with Gasteiger partial charge in [0.05, 0.1) is 19.7 Å². The largest absolute Gasteiger partial charge is 0.497 e. The molecule has 3 aromatic rings. The molecule has 1 fully saturated rings. The molecule has 1 amide bonds. The quantitative estimate of drug-likeness (QED) is 0.578. The fourth-order valence-electron chi connectivity index (χ4n) is 3.61. The van der Waals surface area contributed by atoms with Crippen molar-refractivity contribution in [1.29, 1.82) is 0 Å². The SMILES string of the molecule is COc1cc(CN2CC[C@@H](NC(=O)c3ccc4[nH]c(=O)[nH]c4n3)C2)cc(OC)c1. The Bertz CT molecular complexity index is 1070. The number of likely N-dealkylation sites (tertiary alicyclic amines) is 1. The first-order valence-electron chi connectivity index (χ1n) is 9.38. The number of imidazole rings is 1. The number of amides is 1. The maximum absolute atomic E-state index is 12.6. The van der Waals surface area contributed by atoms with Gasteiger partial charge in [0.15, 0.2) is 5.65 Å². The van der Waals surface area contributed by atoms with E-state index in [9.17, 15) is 9.59 Å². The third-order valence-electron chi connectivity index (χ3n) is 5.03. The van der Waals surface area contributed by atoms with E-state index in [2.05, 4.69) is 25.2 Å². The van der Waals surface area contributed by atoms with E-state index < -0.39 is 0 Å². The number of carbonyl (C=O) groups is 1. The van der Waals surface area contributed by atoms with E-state index in [-0.39, 0.29) is 23.3 Å². The number of aromatic nitrogens is 3. The molecule has 3 N–H and O–H groups in total. The molecule has 4 rings (SSSR count). The van der Waals surface area contributed by atoms with Crippen molar-refractivity contribution in [2.24, 2.45) is 0 Å². The van der Waals surface area contributed by atoms with E-state index in [0.717, 1.165) is 43.1 Å². The molecule has 0 aliphatic carbocycles. The Labute approximate surface area is 167 Å². The Morgan fingerprint density at radius 1 is 1.21 bits per heavy atom. The molecule has 1 saturated heterocycles. The van der Waals surface area contributed by atoms with Crippen molar-refractivity contribution in [3.05, 3.63) is 52.1 Å². The number of nitrogens with one attached hydrogen (secondary N) is 3. The number of H-pyrrole nitrogens is 2. The van der Waals surface area contributed by atoms with Gasteiger partial charge in [0, 0.05) is 31.7 Å². The normalized spacial score (nSPS) is 16.8. The zero-order valence-corrected chi connectivity index (χ0v) is 16.3. The number of pyridine rings is 1. The predicted octanol–water partition coefficient (Wildman–Crippen LogP) is 1.27. The molecule has 0 unspecified atom stereocenters. The first-order valence-corrected chi connectivity index (χ1v) is 9.38. The Balaban J connectivity index is 1.38. The molecule has 1 aromatic carbocycles. The molecule has 9 nitrogen and oxygen atoms in total. The number of methoxy groups -OCH3 is 2. The topological polar surface area (TPSA) is 112 Å². The van der Waals surface area contributed by atoms with Crippen LogP contribution in [-0.2, 0) is 6.54 Å². The van der Waals surface area contributed by atoms with Crippen molar-refractivity contribution in [2.45, 2.75) is 19.0 Å². The van der Waals surface area contributed by atoms with Gasteiger partial charge in [-0.25, -0.2) is 9.78 Å². The molecule has 0 saturated carbocycles. The van der Waals surface area contributed by atoms with Gasteiger partial charge in [-0.1, -0.05) is 0 Å². The van der Waals surface area contributed by atoms with E-state index in [1.54, 1.807) is 26.4 Å². The molecule has 1 aliphatic rings. The van der Waals surface area contributed by atoms with Crippen LogP contribution >= 0.6 is 0 Å². The number of hydrogen-bond acceptors (Lipinski definition) is 6. The van der Waals surface area contributed by atoms with E-state index in [1.807, 2.05) is 18.2 Å². The Morgan fingerprint density at radius 2 is 1.97 bits per heavy atom. The monoisotopic (exact) mass is 397 g/mol. The van der Waals surface area contributed by atoms with Gasteiger partial charge in [-0.05, 0) is 36.2 Å². The molecule has 0 radical (unpaired) electrons. The molecule has 0 spiro atoms. The summed E-state index contributed by atoms with van der Waals surface area (Å²) in [6.45, 7) is 2.37. The van der Waals surface area contributed by atoms with Crippen molar-refractivity contribution in [3.8, 4) is 11.5 Å². The fraction of sp³-hybridized carbons (Fsp3) is 0.350. The van der Waals surface area contributed by atoms with Crippen LogP contribution in [0.25, 0.3) is 11.2 Å². The molecular weight excluding hydrogens is 374 g/mol. The van der Waals surface area contributed by atoms with Crippen LogP contribution in [-0.4, -0.2) is 59.1 Å². The second-order valence-electron chi connectivity index (χ2n) is 7.09. The van der Waals surface area contributed by atoms with E-state index in [0.29, 0.717) is 11.2 Å². The molecule has 2 aromatic heterocycles. The second-order valence-corrected chi connectivity index (χ2v) is 7.09. The molecule has 9 heteroatoms. The summed E-state index contributed by atoms with van der Waals surface area (Å²) in [5, 5.41) is 3.03. The van der Waals surface area contributed by atoms with Gasteiger partial charge in [0.25, 0.3) is 5.91 Å². The van der Waals surface area contributed by atoms with Gasteiger partial charge in [-0.3, -0.25) is 14.7 Å². The third-order valence-corrected chi connectivity index (χ3v) is 5.03. The third kappa shape index (κ3) is 4.24. The summed E-state index contributed by atoms with van der Waals surface area (Å²) in [4.78, 5) is 35.6. The summed E-state index contributed by atoms with van der Waals surface area (Å²) >= 11 is 0. The minimum absolute atomic E-state index is 0.0396. The van der Waals surface area contributed by atoms with Crippen LogP contribution < -0.4 is 20.5 Å². The molecule has 152 valence electrons. The lowest BCUT2D eigenvalue weighted by Crippen LogP contribution is -2.37. The summed E-state index contributed by atoms with van der Waals surface area (Å²) in [5.74, 6) is 1.27. The lowest BCUT2D eigenvalue weighted by molar-refractivity contribution is 0.0933. The summed E-state index contributed by atoms with van der Waals surface area (Å²) in [6.07, 6.45) is 0.857. The second kappa shape index (κ2) is 7.96. The molecular formula is C20H23N5O4. The number of aromatic amines is 2. The maximum Gasteiger partial charge on any atom is 0.325 e. The number of fused-ring (bicyclic) bond motifs is 1. The van der Waals surface area contributed by atoms with Crippen molar-refractivity contribution < 1.29 is 14.3 Å². The number of rotatable bonds is 6. The van der Waals surface area contributed by atoms with Crippen molar-refractivity contribution in [2.75, 3.05) is 27.3 Å². The van der Waals surface area contributed by atoms with Crippen LogP contribution in [0, 0.1) is 0 Å². The first kappa shape index (κ1) is 19.0. The number of nitrogens with zero attached hydrogens (tertiary/aromatic N) is 2. The van der Waals surface area contributed by atoms with Crippen LogP contribution in [0.15, 0.2) is 35.1 Å². The molecule has 29 heavy (non-hydrogen) atoms. The minimum atomic E-state index is -0.342. The zero-order valence-electron chi connectivity index (χ0n) is 16.3. The van der Waals surface area contributed by atoms with Gasteiger partial charge >= 0.3 is 5.69 Å². The van der Waals surface area contributed by atoms with E-state index >= 15 is 0 Å². The van der Waals surface area contributed by atoms with E-state index in [1.165, 1.54) is 0 Å². The summed E-state index contributed by atoms with van der Waals surface area (Å²) in [6, 6.07) is 9.15. The van der Waals surface area contributed by atoms with Gasteiger partial charge in [-0.2, -0.15) is 0 Å². The summed E-state index contributed by atoms with van der Waals surface area (Å²) in [5.41, 5.74) is 1.99. The highest BCUT2D eigenvalue weighted by Gasteiger charge is 2.25. The van der Waals surface area contributed by atoms with Crippen LogP contribution in [0.2, 0.25) is 0 Å². The Hall–Kier alpha value is -3.33. The molecule has 1 aliphatic heterocycles.